The molecule has 3 aromatic carbocycles. The topological polar surface area (TPSA) is 111 Å². The van der Waals surface area contributed by atoms with Crippen LogP contribution >= 0.6 is 34.8 Å². The summed E-state index contributed by atoms with van der Waals surface area (Å²) in [5.41, 5.74) is -2.75. The van der Waals surface area contributed by atoms with Crippen molar-refractivity contribution < 1.29 is 26.7 Å². The van der Waals surface area contributed by atoms with Crippen LogP contribution in [0.15, 0.2) is 65.5 Å². The van der Waals surface area contributed by atoms with Gasteiger partial charge < -0.3 is 10.1 Å². The predicted molar refractivity (Wildman–Crippen MR) is 157 cm³/mol. The van der Waals surface area contributed by atoms with Gasteiger partial charge in [-0.2, -0.15) is 30.7 Å². The van der Waals surface area contributed by atoms with Crippen LogP contribution in [0.2, 0.25) is 15.1 Å². The number of hydrogen-bond acceptors (Lipinski definition) is 5. The second-order valence-electron chi connectivity index (χ2n) is 9.53. The summed E-state index contributed by atoms with van der Waals surface area (Å²) >= 11 is 18.5. The molecule has 0 saturated heterocycles. The summed E-state index contributed by atoms with van der Waals surface area (Å²) in [5.74, 6) is -0.456. The third kappa shape index (κ3) is 6.00. The summed E-state index contributed by atoms with van der Waals surface area (Å²) in [6.45, 7) is -0.313. The lowest BCUT2D eigenvalue weighted by Gasteiger charge is -2.31. The van der Waals surface area contributed by atoms with Gasteiger partial charge in [0.1, 0.15) is 29.6 Å². The van der Waals surface area contributed by atoms with Crippen molar-refractivity contribution in [1.82, 2.24) is 8.87 Å². The maximum Gasteiger partial charge on any atom is 0.416 e. The first kappa shape index (κ1) is 31.4. The normalized spacial score (nSPS) is 13.4. The number of aromatic hydroxyl groups is 1. The summed E-state index contributed by atoms with van der Waals surface area (Å²) < 4.78 is 65.6. The van der Waals surface area contributed by atoms with E-state index in [1.807, 2.05) is 0 Å². The summed E-state index contributed by atoms with van der Waals surface area (Å²) in [6.07, 6.45) is -3.71. The molecule has 2 N–H and O–H groups in total. The van der Waals surface area contributed by atoms with Crippen molar-refractivity contribution in [2.24, 2.45) is 0 Å². The van der Waals surface area contributed by atoms with Gasteiger partial charge in [-0.05, 0) is 48.5 Å². The standard InChI is InChI=1S/C28H19Cl3F3N3O4S/c1-37(42(2,40)41,19-6-4-17(29)5-7-19)14-15-9-18(30)11-22(26(15)38)25-12-20(23(13-35)27(39)36-25)21-10-16(28(32,33)34)3-8-24(21)31/h3-12H,14H2,1-2H3,(H-,36,38,39)/p+1. The maximum absolute atomic E-state index is 13.5. The second-order valence-corrected chi connectivity index (χ2v) is 13.1. The number of pyridine rings is 1. The highest BCUT2D eigenvalue weighted by Crippen LogP contribution is 2.41. The Morgan fingerprint density at radius 1 is 0.952 bits per heavy atom. The molecule has 0 spiro atoms. The number of alkyl halides is 3. The molecule has 0 amide bonds. The Hall–Kier alpha value is -3.53. The van der Waals surface area contributed by atoms with E-state index in [0.29, 0.717) is 16.8 Å². The minimum Gasteiger partial charge on any atom is -0.507 e. The first-order valence-corrected chi connectivity index (χ1v) is 14.8. The number of hydrogen-bond donors (Lipinski definition) is 2. The molecule has 0 fully saturated rings. The third-order valence-corrected chi connectivity index (χ3v) is 9.35. The molecule has 0 bridgehead atoms. The number of nitrogens with one attached hydrogen (secondary N) is 1. The number of sulfonamides is 1. The molecule has 14 heteroatoms. The van der Waals surface area contributed by atoms with Crippen molar-refractivity contribution in [2.45, 2.75) is 12.7 Å². The molecule has 0 radical (unpaired) electrons. The molecule has 218 valence electrons. The van der Waals surface area contributed by atoms with Gasteiger partial charge in [0.2, 0.25) is 0 Å². The van der Waals surface area contributed by atoms with Gasteiger partial charge >= 0.3 is 6.18 Å². The summed E-state index contributed by atoms with van der Waals surface area (Å²) in [4.78, 5) is 15.4. The molecular formula is C28H20Cl3F3N3O4S+. The van der Waals surface area contributed by atoms with Crippen LogP contribution in [0, 0.1) is 11.3 Å². The third-order valence-electron chi connectivity index (χ3n) is 6.75. The first-order valence-electron chi connectivity index (χ1n) is 11.8. The van der Waals surface area contributed by atoms with Gasteiger partial charge in [0.25, 0.3) is 15.6 Å². The number of halogens is 6. The lowest BCUT2D eigenvalue weighted by molar-refractivity contribution is -0.137. The van der Waals surface area contributed by atoms with E-state index in [9.17, 15) is 36.8 Å². The van der Waals surface area contributed by atoms with Crippen LogP contribution in [0.25, 0.3) is 22.4 Å². The summed E-state index contributed by atoms with van der Waals surface area (Å²) in [5, 5.41) is 21.2. The highest BCUT2D eigenvalue weighted by Gasteiger charge is 2.38. The number of nitrogens with zero attached hydrogens (tertiary/aromatic N) is 2. The molecule has 4 aromatic rings. The minimum absolute atomic E-state index is 0.0535. The Kier molecular flexibility index (Phi) is 8.43. The van der Waals surface area contributed by atoms with E-state index in [2.05, 4.69) is 4.98 Å². The summed E-state index contributed by atoms with van der Waals surface area (Å²) in [6, 6.07) is 14.1. The van der Waals surface area contributed by atoms with Crippen molar-refractivity contribution in [3.8, 4) is 34.2 Å². The van der Waals surface area contributed by atoms with Crippen molar-refractivity contribution >= 4 is 50.5 Å². The molecule has 1 atom stereocenters. The zero-order valence-electron chi connectivity index (χ0n) is 21.7. The maximum atomic E-state index is 13.5. The fraction of sp³-hybridized carbons (Fsp3) is 0.143. The Bertz CT molecular complexity index is 1920. The molecule has 0 aliphatic carbocycles. The SMILES string of the molecule is C[N+](Cc1cc(Cl)cc(-c2cc(-c3cc(C(F)(F)F)ccc3Cl)c(C#N)c(=O)[nH]2)c1O)(c1ccc(Cl)cc1)S(C)(=O)=O. The van der Waals surface area contributed by atoms with Crippen LogP contribution in [-0.2, 0) is 22.7 Å². The van der Waals surface area contributed by atoms with Crippen molar-refractivity contribution in [3.63, 3.8) is 0 Å². The van der Waals surface area contributed by atoms with E-state index >= 15 is 0 Å². The monoisotopic (exact) mass is 656 g/mol. The van der Waals surface area contributed by atoms with Gasteiger partial charge in [-0.15, -0.1) is 0 Å². The number of phenols is 1. The van der Waals surface area contributed by atoms with Gasteiger partial charge in [-0.25, -0.2) is 0 Å². The van der Waals surface area contributed by atoms with Crippen LogP contribution in [0.3, 0.4) is 0 Å². The molecule has 0 aliphatic rings. The quantitative estimate of drug-likeness (QED) is 0.211. The van der Waals surface area contributed by atoms with E-state index in [1.54, 1.807) is 6.07 Å². The van der Waals surface area contributed by atoms with Crippen molar-refractivity contribution in [3.05, 3.63) is 103 Å². The largest absolute Gasteiger partial charge is 0.507 e. The molecule has 1 aromatic heterocycles. The van der Waals surface area contributed by atoms with Gasteiger partial charge in [0.15, 0.2) is 0 Å². The molecule has 4 rings (SSSR count). The molecule has 7 nitrogen and oxygen atoms in total. The Labute approximate surface area is 253 Å². The lowest BCUT2D eigenvalue weighted by atomic mass is 9.96. The number of quaternary nitrogens is 1. The molecule has 1 unspecified atom stereocenters. The van der Waals surface area contributed by atoms with Crippen LogP contribution in [0.4, 0.5) is 18.9 Å². The van der Waals surface area contributed by atoms with E-state index in [0.717, 1.165) is 18.4 Å². The molecule has 1 heterocycles. The molecule has 0 saturated carbocycles. The first-order chi connectivity index (χ1) is 19.5. The number of nitriles is 1. The number of aromatic nitrogens is 1. The van der Waals surface area contributed by atoms with Crippen LogP contribution in [-0.4, -0.2) is 31.8 Å². The minimum atomic E-state index is -4.73. The average Bonchev–Trinajstić information content (AvgIpc) is 2.89. The van der Waals surface area contributed by atoms with Crippen LogP contribution in [0.1, 0.15) is 16.7 Å². The number of benzene rings is 3. The smallest absolute Gasteiger partial charge is 0.416 e. The highest BCUT2D eigenvalue weighted by molar-refractivity contribution is 7.90. The van der Waals surface area contributed by atoms with E-state index in [-0.39, 0.29) is 44.5 Å². The summed E-state index contributed by atoms with van der Waals surface area (Å²) in [7, 11) is -2.46. The van der Waals surface area contributed by atoms with Crippen LogP contribution in [0.5, 0.6) is 5.75 Å². The Balaban J connectivity index is 1.94. The van der Waals surface area contributed by atoms with Gasteiger partial charge in [-0.1, -0.05) is 34.8 Å². The zero-order valence-corrected chi connectivity index (χ0v) is 24.8. The fourth-order valence-corrected chi connectivity index (χ4v) is 5.86. The molecule has 42 heavy (non-hydrogen) atoms. The van der Waals surface area contributed by atoms with E-state index in [1.165, 1.54) is 49.5 Å². The fourth-order valence-electron chi connectivity index (χ4n) is 4.40. The predicted octanol–water partition coefficient (Wildman–Crippen LogP) is 7.36. The molecule has 0 aliphatic heterocycles. The van der Waals surface area contributed by atoms with Crippen molar-refractivity contribution in [1.29, 1.82) is 5.26 Å². The van der Waals surface area contributed by atoms with E-state index in [4.69, 9.17) is 34.8 Å². The Morgan fingerprint density at radius 2 is 1.60 bits per heavy atom. The van der Waals surface area contributed by atoms with Gasteiger partial charge in [0.05, 0.1) is 30.1 Å². The number of H-pyrrole nitrogens is 1. The van der Waals surface area contributed by atoms with Crippen LogP contribution < -0.4 is 9.45 Å². The van der Waals surface area contributed by atoms with Gasteiger partial charge in [0, 0.05) is 43.9 Å². The molecular weight excluding hydrogens is 638 g/mol. The van der Waals surface area contributed by atoms with Crippen molar-refractivity contribution in [2.75, 3.05) is 13.3 Å². The second kappa shape index (κ2) is 11.3. The Morgan fingerprint density at radius 3 is 2.17 bits per heavy atom. The average molecular weight is 658 g/mol. The number of aromatic amines is 1. The lowest BCUT2D eigenvalue weighted by Crippen LogP contribution is -2.49. The van der Waals surface area contributed by atoms with Gasteiger partial charge in [-0.3, -0.25) is 4.79 Å². The number of phenolic OH excluding ortho intramolecular Hbond substituents is 1. The van der Waals surface area contributed by atoms with E-state index < -0.39 is 42.5 Å². The number of rotatable bonds is 6. The zero-order chi connectivity index (χ0) is 31.2. The highest BCUT2D eigenvalue weighted by atomic mass is 35.5.